The Morgan fingerprint density at radius 1 is 1.12 bits per heavy atom. The molecule has 0 bridgehead atoms. The zero-order valence-corrected chi connectivity index (χ0v) is 15.2. The van der Waals surface area contributed by atoms with E-state index in [2.05, 4.69) is 64.6 Å². The van der Waals surface area contributed by atoms with Crippen molar-refractivity contribution >= 4 is 16.6 Å². The molecule has 1 atom stereocenters. The van der Waals surface area contributed by atoms with Crippen LogP contribution in [0.5, 0.6) is 0 Å². The van der Waals surface area contributed by atoms with Gasteiger partial charge in [-0.3, -0.25) is 4.98 Å². The van der Waals surface area contributed by atoms with E-state index < -0.39 is 0 Å². The molecule has 0 spiro atoms. The van der Waals surface area contributed by atoms with Gasteiger partial charge in [0.25, 0.3) is 0 Å². The van der Waals surface area contributed by atoms with Crippen LogP contribution in [-0.2, 0) is 19.5 Å². The zero-order valence-electron chi connectivity index (χ0n) is 15.2. The Balaban J connectivity index is 1.76. The summed E-state index contributed by atoms with van der Waals surface area (Å²) in [6.07, 6.45) is 4.96. The minimum Gasteiger partial charge on any atom is -0.364 e. The minimum atomic E-state index is 0.358. The molecule has 128 valence electrons. The number of likely N-dealkylation sites (N-methyl/N-ethyl adjacent to an activating group) is 2. The van der Waals surface area contributed by atoms with Crippen LogP contribution in [0.25, 0.3) is 10.9 Å². The highest BCUT2D eigenvalue weighted by Crippen LogP contribution is 2.43. The Morgan fingerprint density at radius 3 is 2.72 bits per heavy atom. The molecule has 0 saturated heterocycles. The Kier molecular flexibility index (Phi) is 3.19. The molecule has 0 aliphatic carbocycles. The summed E-state index contributed by atoms with van der Waals surface area (Å²) in [7, 11) is 4.47. The predicted molar refractivity (Wildman–Crippen MR) is 102 cm³/mol. The zero-order chi connectivity index (χ0) is 17.1. The second-order valence-electron chi connectivity index (χ2n) is 7.61. The highest BCUT2D eigenvalue weighted by atomic mass is 15.2. The molecule has 0 radical (unpaired) electrons. The molecule has 0 fully saturated rings. The average Bonchev–Trinajstić information content (AvgIpc) is 2.92. The third-order valence-electron chi connectivity index (χ3n) is 5.96. The van der Waals surface area contributed by atoms with Gasteiger partial charge in [-0.15, -0.1) is 0 Å². The van der Waals surface area contributed by atoms with E-state index in [1.165, 1.54) is 33.3 Å². The van der Waals surface area contributed by atoms with E-state index in [1.54, 1.807) is 5.69 Å². The molecular formula is C21H24N4. The van der Waals surface area contributed by atoms with Crippen LogP contribution in [0.2, 0.25) is 0 Å². The van der Waals surface area contributed by atoms with E-state index in [9.17, 15) is 0 Å². The first-order chi connectivity index (χ1) is 12.1. The molecule has 0 N–H and O–H groups in total. The summed E-state index contributed by atoms with van der Waals surface area (Å²) in [5, 5.41) is 1.46. The fraction of sp³-hybridized carbons (Fsp3) is 0.381. The summed E-state index contributed by atoms with van der Waals surface area (Å²) in [5.74, 6) is 0. The lowest BCUT2D eigenvalue weighted by molar-refractivity contribution is 0.308. The largest absolute Gasteiger partial charge is 0.364 e. The third-order valence-corrected chi connectivity index (χ3v) is 5.96. The van der Waals surface area contributed by atoms with E-state index in [-0.39, 0.29) is 0 Å². The number of fused-ring (bicyclic) bond motifs is 3. The first kappa shape index (κ1) is 15.0. The summed E-state index contributed by atoms with van der Waals surface area (Å²) in [5.41, 5.74) is 8.56. The molecule has 2 aromatic heterocycles. The quantitative estimate of drug-likeness (QED) is 0.681. The predicted octanol–water partition coefficient (Wildman–Crippen LogP) is 3.52. The summed E-state index contributed by atoms with van der Waals surface area (Å²) in [6.45, 7) is 5.45. The van der Waals surface area contributed by atoms with Gasteiger partial charge in [0.15, 0.2) is 0 Å². The van der Waals surface area contributed by atoms with E-state index >= 15 is 0 Å². The van der Waals surface area contributed by atoms with Crippen LogP contribution in [0.4, 0.5) is 5.69 Å². The van der Waals surface area contributed by atoms with Crippen LogP contribution < -0.4 is 4.90 Å². The number of hydrogen-bond donors (Lipinski definition) is 0. The third kappa shape index (κ3) is 2.13. The second kappa shape index (κ2) is 5.33. The maximum absolute atomic E-state index is 4.20. The van der Waals surface area contributed by atoms with Crippen molar-refractivity contribution in [3.05, 3.63) is 59.0 Å². The van der Waals surface area contributed by atoms with Gasteiger partial charge >= 0.3 is 0 Å². The normalized spacial score (nSPS) is 20.1. The van der Waals surface area contributed by atoms with Crippen LogP contribution in [-0.4, -0.2) is 35.1 Å². The maximum atomic E-state index is 4.20. The fourth-order valence-electron chi connectivity index (χ4n) is 4.68. The number of rotatable bonds is 1. The van der Waals surface area contributed by atoms with Gasteiger partial charge in [0.1, 0.15) is 0 Å². The highest BCUT2D eigenvalue weighted by molar-refractivity contribution is 5.97. The molecule has 1 aromatic carbocycles. The molecule has 25 heavy (non-hydrogen) atoms. The van der Waals surface area contributed by atoms with Crippen molar-refractivity contribution < 1.29 is 0 Å². The molecule has 4 nitrogen and oxygen atoms in total. The van der Waals surface area contributed by atoms with E-state index in [0.717, 1.165) is 26.1 Å². The number of benzene rings is 1. The van der Waals surface area contributed by atoms with Crippen LogP contribution in [0.1, 0.15) is 28.4 Å². The SMILES string of the molecule is Cc1cc2c3c(c1)c1c(n3CC(c3ccncc3)N2C)CCN(C)C1. The minimum absolute atomic E-state index is 0.358. The number of hydrogen-bond acceptors (Lipinski definition) is 3. The highest BCUT2D eigenvalue weighted by Gasteiger charge is 2.32. The van der Waals surface area contributed by atoms with Crippen molar-refractivity contribution in [2.24, 2.45) is 0 Å². The van der Waals surface area contributed by atoms with E-state index in [0.29, 0.717) is 6.04 Å². The second-order valence-corrected chi connectivity index (χ2v) is 7.61. The van der Waals surface area contributed by atoms with Crippen molar-refractivity contribution in [3.63, 3.8) is 0 Å². The lowest BCUT2D eigenvalue weighted by Crippen LogP contribution is -2.33. The lowest BCUT2D eigenvalue weighted by Gasteiger charge is -2.37. The van der Waals surface area contributed by atoms with Crippen molar-refractivity contribution in [2.45, 2.75) is 32.5 Å². The van der Waals surface area contributed by atoms with Crippen LogP contribution in [0.3, 0.4) is 0 Å². The molecule has 3 aromatic rings. The fourth-order valence-corrected chi connectivity index (χ4v) is 4.68. The van der Waals surface area contributed by atoms with Crippen molar-refractivity contribution in [3.8, 4) is 0 Å². The van der Waals surface area contributed by atoms with Crippen molar-refractivity contribution in [1.82, 2.24) is 14.5 Å². The maximum Gasteiger partial charge on any atom is 0.0724 e. The molecule has 2 aliphatic rings. The Bertz CT molecular complexity index is 957. The van der Waals surface area contributed by atoms with Crippen LogP contribution >= 0.6 is 0 Å². The topological polar surface area (TPSA) is 24.3 Å². The lowest BCUT2D eigenvalue weighted by atomic mass is 10.0. The average molecular weight is 332 g/mol. The van der Waals surface area contributed by atoms with Crippen molar-refractivity contribution in [2.75, 3.05) is 25.5 Å². The number of aryl methyl sites for hydroxylation is 1. The molecular weight excluding hydrogens is 308 g/mol. The van der Waals surface area contributed by atoms with E-state index in [1.807, 2.05) is 12.4 Å². The number of anilines is 1. The number of aromatic nitrogens is 2. The number of nitrogens with zero attached hydrogens (tertiary/aromatic N) is 4. The Hall–Kier alpha value is -2.33. The molecule has 1 unspecified atom stereocenters. The standard InChI is InChI=1S/C21H24N4/c1-14-10-16-17-12-23(2)9-6-18(17)25-13-20(15-4-7-22-8-5-15)24(3)19(11-14)21(16)25/h4-5,7-8,10-11,20H,6,9,12-13H2,1-3H3. The molecule has 2 aliphatic heterocycles. The Morgan fingerprint density at radius 2 is 1.92 bits per heavy atom. The van der Waals surface area contributed by atoms with Gasteiger partial charge in [0.2, 0.25) is 0 Å². The van der Waals surface area contributed by atoms with Gasteiger partial charge in [-0.1, -0.05) is 0 Å². The van der Waals surface area contributed by atoms with Gasteiger partial charge in [0, 0.05) is 56.6 Å². The smallest absolute Gasteiger partial charge is 0.0724 e. The first-order valence-corrected chi connectivity index (χ1v) is 9.09. The molecule has 4 heterocycles. The summed E-state index contributed by atoms with van der Waals surface area (Å²) in [4.78, 5) is 9.10. The van der Waals surface area contributed by atoms with Gasteiger partial charge in [-0.2, -0.15) is 0 Å². The van der Waals surface area contributed by atoms with Crippen molar-refractivity contribution in [1.29, 1.82) is 0 Å². The van der Waals surface area contributed by atoms with Gasteiger partial charge < -0.3 is 14.4 Å². The first-order valence-electron chi connectivity index (χ1n) is 9.09. The van der Waals surface area contributed by atoms with Crippen LogP contribution in [0, 0.1) is 6.92 Å². The number of pyridine rings is 1. The van der Waals surface area contributed by atoms with Crippen LogP contribution in [0.15, 0.2) is 36.7 Å². The van der Waals surface area contributed by atoms with Gasteiger partial charge in [-0.05, 0) is 54.9 Å². The summed E-state index contributed by atoms with van der Waals surface area (Å²) < 4.78 is 2.61. The summed E-state index contributed by atoms with van der Waals surface area (Å²) in [6, 6.07) is 9.40. The molecule has 5 rings (SSSR count). The monoisotopic (exact) mass is 332 g/mol. The van der Waals surface area contributed by atoms with Gasteiger partial charge in [0.05, 0.1) is 17.2 Å². The Labute approximate surface area is 148 Å². The summed E-state index contributed by atoms with van der Waals surface area (Å²) >= 11 is 0. The molecule has 0 saturated carbocycles. The van der Waals surface area contributed by atoms with E-state index in [4.69, 9.17) is 0 Å². The molecule has 4 heteroatoms. The molecule has 0 amide bonds. The van der Waals surface area contributed by atoms with Gasteiger partial charge in [-0.25, -0.2) is 0 Å².